The molecule has 0 spiro atoms. The van der Waals surface area contributed by atoms with E-state index in [2.05, 4.69) is 21.2 Å². The molecule has 0 bridgehead atoms. The third kappa shape index (κ3) is 2.67. The number of amides is 1. The van der Waals surface area contributed by atoms with Gasteiger partial charge >= 0.3 is 0 Å². The molecular weight excluding hydrogens is 267 g/mol. The summed E-state index contributed by atoms with van der Waals surface area (Å²) in [5, 5.41) is 19.6. The number of anilines is 1. The van der Waals surface area contributed by atoms with E-state index >= 15 is 0 Å². The van der Waals surface area contributed by atoms with E-state index in [1.54, 1.807) is 6.07 Å². The molecule has 1 amide bonds. The second-order valence-corrected chi connectivity index (χ2v) is 3.49. The van der Waals surface area contributed by atoms with Crippen LogP contribution in [-0.4, -0.2) is 11.0 Å². The molecule has 0 fully saturated rings. The summed E-state index contributed by atoms with van der Waals surface area (Å²) >= 11 is 2.91. The lowest BCUT2D eigenvalue weighted by Gasteiger charge is -2.07. The Bertz CT molecular complexity index is 442. The molecule has 0 heterocycles. The first-order chi connectivity index (χ1) is 7.06. The topological polar surface area (TPSA) is 73.1 Å². The lowest BCUT2D eigenvalue weighted by atomic mass is 10.2. The molecule has 0 saturated carbocycles. The van der Waals surface area contributed by atoms with Crippen LogP contribution < -0.4 is 5.32 Å². The zero-order chi connectivity index (χ0) is 11.4. The van der Waals surface area contributed by atoms with Gasteiger partial charge in [-0.1, -0.05) is 0 Å². The highest BCUT2D eigenvalue weighted by Gasteiger charge is 2.13. The molecule has 0 unspecified atom stereocenters. The Morgan fingerprint density at radius 3 is 2.93 bits per heavy atom. The van der Waals surface area contributed by atoms with Gasteiger partial charge in [-0.15, -0.1) is 0 Å². The Hall–Kier alpha value is -1.61. The van der Waals surface area contributed by atoms with Crippen LogP contribution in [0.4, 0.5) is 10.1 Å². The Morgan fingerprint density at radius 2 is 2.33 bits per heavy atom. The van der Waals surface area contributed by atoms with E-state index in [0.717, 1.165) is 0 Å². The molecule has 0 aliphatic carbocycles. The number of benzene rings is 1. The molecule has 78 valence electrons. The van der Waals surface area contributed by atoms with Gasteiger partial charge in [-0.2, -0.15) is 5.26 Å². The molecular formula is C9H6BrFN2O2. The minimum absolute atomic E-state index is 0.118. The summed E-state index contributed by atoms with van der Waals surface area (Å²) in [6.07, 6.45) is -0.397. The molecule has 1 rings (SSSR count). The highest BCUT2D eigenvalue weighted by Crippen LogP contribution is 2.31. The number of rotatable bonds is 2. The number of carbonyl (C=O) groups excluding carboxylic acids is 1. The van der Waals surface area contributed by atoms with Crippen LogP contribution in [0.15, 0.2) is 16.6 Å². The molecule has 0 aromatic heterocycles. The zero-order valence-electron chi connectivity index (χ0n) is 7.42. The summed E-state index contributed by atoms with van der Waals surface area (Å²) in [6.45, 7) is 0. The van der Waals surface area contributed by atoms with Crippen molar-refractivity contribution in [2.75, 3.05) is 5.32 Å². The van der Waals surface area contributed by atoms with Crippen LogP contribution in [0.25, 0.3) is 0 Å². The maximum atomic E-state index is 13.4. The van der Waals surface area contributed by atoms with Crippen molar-refractivity contribution in [2.24, 2.45) is 0 Å². The summed E-state index contributed by atoms with van der Waals surface area (Å²) in [4.78, 5) is 11.0. The van der Waals surface area contributed by atoms with Crippen molar-refractivity contribution in [3.05, 3.63) is 22.4 Å². The number of phenols is 1. The molecule has 0 aliphatic heterocycles. The third-order valence-corrected chi connectivity index (χ3v) is 2.19. The van der Waals surface area contributed by atoms with Gasteiger partial charge in [0.1, 0.15) is 17.9 Å². The molecule has 4 nitrogen and oxygen atoms in total. The number of hydrogen-bond donors (Lipinski definition) is 2. The summed E-state index contributed by atoms with van der Waals surface area (Å²) in [6, 6.07) is 4.15. The highest BCUT2D eigenvalue weighted by molar-refractivity contribution is 9.10. The van der Waals surface area contributed by atoms with Gasteiger partial charge in [0.05, 0.1) is 10.5 Å². The fourth-order valence-electron chi connectivity index (χ4n) is 0.915. The second-order valence-electron chi connectivity index (χ2n) is 2.64. The van der Waals surface area contributed by atoms with Gasteiger partial charge in [0.25, 0.3) is 0 Å². The van der Waals surface area contributed by atoms with Gasteiger partial charge in [-0.05, 0) is 28.1 Å². The lowest BCUT2D eigenvalue weighted by molar-refractivity contribution is -0.115. The fourth-order valence-corrected chi connectivity index (χ4v) is 1.25. The quantitative estimate of drug-likeness (QED) is 0.811. The Balaban J connectivity index is 3.00. The number of phenolic OH excluding ortho intramolecular Hbond substituents is 1. The van der Waals surface area contributed by atoms with Gasteiger partial charge in [-0.25, -0.2) is 4.39 Å². The van der Waals surface area contributed by atoms with Gasteiger partial charge < -0.3 is 10.4 Å². The molecule has 0 radical (unpaired) electrons. The first kappa shape index (κ1) is 11.5. The SMILES string of the molecule is N#CCC(=O)Nc1c(O)ccc(Br)c1F. The molecule has 1 aromatic carbocycles. The number of aromatic hydroxyl groups is 1. The summed E-state index contributed by atoms with van der Waals surface area (Å²) in [5.41, 5.74) is -0.329. The van der Waals surface area contributed by atoms with E-state index in [-0.39, 0.29) is 15.9 Å². The number of nitriles is 1. The van der Waals surface area contributed by atoms with Crippen molar-refractivity contribution in [1.82, 2.24) is 0 Å². The molecule has 6 heteroatoms. The van der Waals surface area contributed by atoms with Crippen LogP contribution in [0.1, 0.15) is 6.42 Å². The van der Waals surface area contributed by atoms with E-state index in [1.165, 1.54) is 12.1 Å². The maximum absolute atomic E-state index is 13.4. The van der Waals surface area contributed by atoms with Crippen molar-refractivity contribution in [1.29, 1.82) is 5.26 Å². The van der Waals surface area contributed by atoms with Gasteiger partial charge in [0.2, 0.25) is 5.91 Å². The average molecular weight is 273 g/mol. The predicted octanol–water partition coefficient (Wildman–Crippen LogP) is 2.15. The standard InChI is InChI=1S/C9H6BrFN2O2/c10-5-1-2-6(14)9(8(5)11)13-7(15)3-4-12/h1-2,14H,3H2,(H,13,15). The minimum atomic E-state index is -0.777. The molecule has 0 saturated heterocycles. The van der Waals surface area contributed by atoms with Crippen LogP contribution in [0.3, 0.4) is 0 Å². The number of nitrogens with zero attached hydrogens (tertiary/aromatic N) is 1. The molecule has 2 N–H and O–H groups in total. The summed E-state index contributed by atoms with van der Waals surface area (Å²) in [7, 11) is 0. The highest BCUT2D eigenvalue weighted by atomic mass is 79.9. The van der Waals surface area contributed by atoms with E-state index in [4.69, 9.17) is 5.26 Å². The van der Waals surface area contributed by atoms with Crippen LogP contribution >= 0.6 is 15.9 Å². The molecule has 1 aromatic rings. The summed E-state index contributed by atoms with van der Waals surface area (Å²) < 4.78 is 13.5. The third-order valence-electron chi connectivity index (χ3n) is 1.58. The van der Waals surface area contributed by atoms with Crippen molar-refractivity contribution in [3.8, 4) is 11.8 Å². The Labute approximate surface area is 93.5 Å². The van der Waals surface area contributed by atoms with Gasteiger partial charge in [0, 0.05) is 0 Å². The van der Waals surface area contributed by atoms with Crippen molar-refractivity contribution in [2.45, 2.75) is 6.42 Å². The normalized spacial score (nSPS) is 9.40. The van der Waals surface area contributed by atoms with E-state index in [9.17, 15) is 14.3 Å². The average Bonchev–Trinajstić information content (AvgIpc) is 2.19. The maximum Gasteiger partial charge on any atom is 0.238 e. The van der Waals surface area contributed by atoms with E-state index < -0.39 is 18.1 Å². The Kier molecular flexibility index (Phi) is 3.63. The first-order valence-electron chi connectivity index (χ1n) is 3.90. The van der Waals surface area contributed by atoms with Crippen molar-refractivity contribution >= 4 is 27.5 Å². The van der Waals surface area contributed by atoms with E-state index in [0.29, 0.717) is 0 Å². The van der Waals surface area contributed by atoms with Crippen LogP contribution in [-0.2, 0) is 4.79 Å². The number of hydrogen-bond acceptors (Lipinski definition) is 3. The van der Waals surface area contributed by atoms with E-state index in [1.807, 2.05) is 0 Å². The fraction of sp³-hybridized carbons (Fsp3) is 0.111. The molecule has 0 aliphatic rings. The van der Waals surface area contributed by atoms with Crippen LogP contribution in [0.2, 0.25) is 0 Å². The monoisotopic (exact) mass is 272 g/mol. The molecule has 0 atom stereocenters. The number of halogens is 2. The zero-order valence-corrected chi connectivity index (χ0v) is 9.01. The smallest absolute Gasteiger partial charge is 0.238 e. The summed E-state index contributed by atoms with van der Waals surface area (Å²) in [5.74, 6) is -1.84. The van der Waals surface area contributed by atoms with Gasteiger partial charge in [-0.3, -0.25) is 4.79 Å². The lowest BCUT2D eigenvalue weighted by Crippen LogP contribution is -2.11. The second kappa shape index (κ2) is 4.75. The Morgan fingerprint density at radius 1 is 1.67 bits per heavy atom. The predicted molar refractivity (Wildman–Crippen MR) is 54.6 cm³/mol. The van der Waals surface area contributed by atoms with Crippen molar-refractivity contribution in [3.63, 3.8) is 0 Å². The first-order valence-corrected chi connectivity index (χ1v) is 4.69. The van der Waals surface area contributed by atoms with Crippen LogP contribution in [0, 0.1) is 17.1 Å². The molecule has 15 heavy (non-hydrogen) atoms. The largest absolute Gasteiger partial charge is 0.506 e. The minimum Gasteiger partial charge on any atom is -0.506 e. The van der Waals surface area contributed by atoms with Crippen LogP contribution in [0.5, 0.6) is 5.75 Å². The number of carbonyl (C=O) groups is 1. The van der Waals surface area contributed by atoms with Gasteiger partial charge in [0.15, 0.2) is 5.82 Å². The number of nitrogens with one attached hydrogen (secondary N) is 1. The van der Waals surface area contributed by atoms with Crippen molar-refractivity contribution < 1.29 is 14.3 Å².